The van der Waals surface area contributed by atoms with Crippen molar-refractivity contribution in [1.29, 1.82) is 0 Å². The van der Waals surface area contributed by atoms with Crippen molar-refractivity contribution in [2.24, 2.45) is 0 Å². The highest BCUT2D eigenvalue weighted by Crippen LogP contribution is 2.45. The molecule has 1 aliphatic heterocycles. The maximum absolute atomic E-state index is 6.31. The Morgan fingerprint density at radius 3 is 1.31 bits per heavy atom. The predicted molar refractivity (Wildman–Crippen MR) is 175 cm³/mol. The Morgan fingerprint density at radius 1 is 0.500 bits per heavy atom. The van der Waals surface area contributed by atoms with Crippen LogP contribution >= 0.6 is 11.3 Å². The Hall–Kier alpha value is -4.10. The van der Waals surface area contributed by atoms with Crippen LogP contribution in [-0.4, -0.2) is 28.3 Å². The second-order valence-electron chi connectivity index (χ2n) is 11.7. The van der Waals surface area contributed by atoms with E-state index in [2.05, 4.69) is 113 Å². The van der Waals surface area contributed by atoms with E-state index >= 15 is 0 Å². The van der Waals surface area contributed by atoms with Gasteiger partial charge in [0.1, 0.15) is 11.0 Å². The molecule has 0 amide bonds. The highest BCUT2D eigenvalue weighted by atomic mass is 32.1. The molecule has 42 heavy (non-hydrogen) atoms. The van der Waals surface area contributed by atoms with Gasteiger partial charge >= 0.3 is 7.12 Å². The van der Waals surface area contributed by atoms with Gasteiger partial charge in [-0.3, -0.25) is 0 Å². The van der Waals surface area contributed by atoms with Gasteiger partial charge in [-0.05, 0) is 44.3 Å². The summed E-state index contributed by atoms with van der Waals surface area (Å²) < 4.78 is 12.6. The molecule has 1 aliphatic rings. The van der Waals surface area contributed by atoms with Crippen LogP contribution in [0.25, 0.3) is 54.4 Å². The Bertz CT molecular complexity index is 1850. The van der Waals surface area contributed by atoms with Crippen molar-refractivity contribution in [3.05, 3.63) is 115 Å². The molecule has 7 rings (SSSR count). The van der Waals surface area contributed by atoms with E-state index in [0.717, 1.165) is 59.9 Å². The van der Waals surface area contributed by atoms with Crippen LogP contribution in [0.4, 0.5) is 0 Å². The summed E-state index contributed by atoms with van der Waals surface area (Å²) in [6.07, 6.45) is 0. The summed E-state index contributed by atoms with van der Waals surface area (Å²) >= 11 is 1.74. The molecule has 1 fully saturated rings. The van der Waals surface area contributed by atoms with E-state index in [1.807, 2.05) is 30.3 Å². The Balaban J connectivity index is 1.41. The van der Waals surface area contributed by atoms with Crippen molar-refractivity contribution in [1.82, 2.24) is 9.97 Å². The first-order chi connectivity index (χ1) is 20.3. The average molecular weight is 567 g/mol. The molecule has 0 aliphatic carbocycles. The smallest absolute Gasteiger partial charge is 0.399 e. The summed E-state index contributed by atoms with van der Waals surface area (Å²) in [6.45, 7) is 8.32. The van der Waals surface area contributed by atoms with Crippen LogP contribution in [0.15, 0.2) is 115 Å². The number of fused-ring (bicyclic) bond motifs is 1. The van der Waals surface area contributed by atoms with Crippen LogP contribution in [0.1, 0.15) is 27.7 Å². The average Bonchev–Trinajstić information content (AvgIpc) is 3.50. The van der Waals surface area contributed by atoms with Crippen LogP contribution in [0.5, 0.6) is 0 Å². The Labute approximate surface area is 251 Å². The van der Waals surface area contributed by atoms with E-state index in [4.69, 9.17) is 19.3 Å². The first-order valence-electron chi connectivity index (χ1n) is 14.3. The predicted octanol–water partition coefficient (Wildman–Crippen LogP) is 8.66. The minimum absolute atomic E-state index is 0.384. The molecule has 6 aromatic rings. The van der Waals surface area contributed by atoms with Crippen molar-refractivity contribution in [2.45, 2.75) is 38.9 Å². The van der Waals surface area contributed by atoms with Gasteiger partial charge in [0.15, 0.2) is 0 Å². The topological polar surface area (TPSA) is 44.2 Å². The quantitative estimate of drug-likeness (QED) is 0.196. The molecule has 3 heterocycles. The van der Waals surface area contributed by atoms with E-state index < -0.39 is 7.12 Å². The fourth-order valence-electron chi connectivity index (χ4n) is 5.30. The lowest BCUT2D eigenvalue weighted by Gasteiger charge is -2.32. The van der Waals surface area contributed by atoms with E-state index in [-0.39, 0.29) is 11.2 Å². The molecule has 206 valence electrons. The lowest BCUT2D eigenvalue weighted by atomic mass is 9.79. The fourth-order valence-corrected chi connectivity index (χ4v) is 6.49. The summed E-state index contributed by atoms with van der Waals surface area (Å²) in [6, 6.07) is 39.7. The molecule has 6 heteroatoms. The molecule has 2 aromatic heterocycles. The second-order valence-corrected chi connectivity index (χ2v) is 12.7. The molecule has 0 saturated carbocycles. The van der Waals surface area contributed by atoms with E-state index in [9.17, 15) is 0 Å². The van der Waals surface area contributed by atoms with Crippen molar-refractivity contribution < 1.29 is 9.31 Å². The van der Waals surface area contributed by atoms with Crippen LogP contribution in [0.2, 0.25) is 0 Å². The summed E-state index contributed by atoms with van der Waals surface area (Å²) in [5, 5.41) is 0. The molecular formula is C36H31BN2O2S. The number of aromatic nitrogens is 2. The number of nitrogens with zero attached hydrogens (tertiary/aromatic N) is 2. The minimum Gasteiger partial charge on any atom is -0.399 e. The maximum Gasteiger partial charge on any atom is 0.494 e. The molecule has 4 aromatic carbocycles. The standard InChI is InChI=1S/C36H31BN2O2S/c1-35(2)36(3,4)41-37(40-35)28-22-20-27(21-23-28)34-32-31(33(42-34)26-18-12-7-13-19-26)38-29(24-14-8-5-9-15-24)30(39-32)25-16-10-6-11-17-25/h5-23H,1-4H3. The normalized spacial score (nSPS) is 15.8. The summed E-state index contributed by atoms with van der Waals surface area (Å²) in [5.41, 5.74) is 8.12. The van der Waals surface area contributed by atoms with Gasteiger partial charge in [0.25, 0.3) is 0 Å². The molecule has 0 N–H and O–H groups in total. The van der Waals surface area contributed by atoms with Crippen LogP contribution in [-0.2, 0) is 9.31 Å². The number of thiophene rings is 1. The van der Waals surface area contributed by atoms with Crippen LogP contribution in [0, 0.1) is 0 Å². The lowest BCUT2D eigenvalue weighted by molar-refractivity contribution is 0.00578. The third-order valence-corrected chi connectivity index (χ3v) is 9.63. The largest absolute Gasteiger partial charge is 0.494 e. The van der Waals surface area contributed by atoms with E-state index in [1.165, 1.54) is 0 Å². The summed E-state index contributed by atoms with van der Waals surface area (Å²) in [4.78, 5) is 12.9. The van der Waals surface area contributed by atoms with Crippen molar-refractivity contribution in [3.8, 4) is 43.4 Å². The first-order valence-corrected chi connectivity index (χ1v) is 15.1. The first kappa shape index (κ1) is 26.8. The van der Waals surface area contributed by atoms with Crippen molar-refractivity contribution in [2.75, 3.05) is 0 Å². The van der Waals surface area contributed by atoms with Gasteiger partial charge in [-0.1, -0.05) is 115 Å². The molecule has 1 saturated heterocycles. The molecule has 0 atom stereocenters. The number of hydrogen-bond acceptors (Lipinski definition) is 5. The highest BCUT2D eigenvalue weighted by Gasteiger charge is 2.51. The van der Waals surface area contributed by atoms with Gasteiger partial charge in [-0.15, -0.1) is 11.3 Å². The number of benzene rings is 4. The van der Waals surface area contributed by atoms with E-state index in [0.29, 0.717) is 0 Å². The van der Waals surface area contributed by atoms with Gasteiger partial charge in [0, 0.05) is 11.1 Å². The van der Waals surface area contributed by atoms with Gasteiger partial charge < -0.3 is 9.31 Å². The third kappa shape index (κ3) is 4.66. The number of hydrogen-bond donors (Lipinski definition) is 0. The van der Waals surface area contributed by atoms with Crippen LogP contribution < -0.4 is 5.46 Å². The monoisotopic (exact) mass is 566 g/mol. The van der Waals surface area contributed by atoms with Gasteiger partial charge in [-0.25, -0.2) is 9.97 Å². The van der Waals surface area contributed by atoms with Crippen molar-refractivity contribution in [3.63, 3.8) is 0 Å². The molecule has 0 bridgehead atoms. The molecule has 4 nitrogen and oxygen atoms in total. The minimum atomic E-state index is -0.401. The zero-order valence-electron chi connectivity index (χ0n) is 24.2. The number of rotatable bonds is 5. The molecule has 0 radical (unpaired) electrons. The summed E-state index contributed by atoms with van der Waals surface area (Å²) in [7, 11) is -0.401. The molecule has 0 unspecified atom stereocenters. The van der Waals surface area contributed by atoms with Crippen LogP contribution in [0.3, 0.4) is 0 Å². The maximum atomic E-state index is 6.31. The SMILES string of the molecule is CC1(C)OB(c2ccc(-c3sc(-c4ccccc4)c4nc(-c5ccccc5)c(-c5ccccc5)nc34)cc2)OC1(C)C. The third-order valence-electron chi connectivity index (χ3n) is 8.36. The second kappa shape index (κ2) is 10.3. The van der Waals surface area contributed by atoms with Crippen molar-refractivity contribution >= 4 is 35.0 Å². The fraction of sp³-hybridized carbons (Fsp3) is 0.167. The highest BCUT2D eigenvalue weighted by molar-refractivity contribution is 7.20. The summed E-state index contributed by atoms with van der Waals surface area (Å²) in [5.74, 6) is 0. The van der Waals surface area contributed by atoms with Gasteiger partial charge in [-0.2, -0.15) is 0 Å². The Morgan fingerprint density at radius 2 is 0.881 bits per heavy atom. The zero-order valence-corrected chi connectivity index (χ0v) is 25.0. The van der Waals surface area contributed by atoms with E-state index in [1.54, 1.807) is 11.3 Å². The molecule has 0 spiro atoms. The Kier molecular flexibility index (Phi) is 6.58. The van der Waals surface area contributed by atoms with Gasteiger partial charge in [0.05, 0.1) is 32.3 Å². The van der Waals surface area contributed by atoms with Gasteiger partial charge in [0.2, 0.25) is 0 Å². The lowest BCUT2D eigenvalue weighted by Crippen LogP contribution is -2.41. The molecular weight excluding hydrogens is 535 g/mol. The zero-order chi connectivity index (χ0) is 28.9.